The molecule has 1 aliphatic heterocycles. The molecule has 0 unspecified atom stereocenters. The van der Waals surface area contributed by atoms with Crippen LogP contribution in [0.4, 0.5) is 5.69 Å². The second-order valence-corrected chi connectivity index (χ2v) is 8.37. The molecule has 2 saturated carbocycles. The van der Waals surface area contributed by atoms with Crippen LogP contribution in [0, 0.1) is 5.41 Å². The Bertz CT molecular complexity index is 541. The van der Waals surface area contributed by atoms with Gasteiger partial charge in [-0.1, -0.05) is 26.2 Å². The summed E-state index contributed by atoms with van der Waals surface area (Å²) in [5.41, 5.74) is 1.93. The molecule has 1 aromatic rings. The second-order valence-electron chi connectivity index (χ2n) is 8.37. The Morgan fingerprint density at radius 2 is 1.79 bits per heavy atom. The van der Waals surface area contributed by atoms with Gasteiger partial charge in [-0.05, 0) is 38.0 Å². The third kappa shape index (κ3) is 3.05. The Labute approximate surface area is 146 Å². The van der Waals surface area contributed by atoms with E-state index < -0.39 is 0 Å². The van der Waals surface area contributed by atoms with Crippen molar-refractivity contribution in [2.75, 3.05) is 24.5 Å². The maximum atomic E-state index is 4.47. The van der Waals surface area contributed by atoms with E-state index in [4.69, 9.17) is 0 Å². The average molecular weight is 329 g/mol. The highest BCUT2D eigenvalue weighted by Crippen LogP contribution is 2.53. The maximum absolute atomic E-state index is 4.47. The van der Waals surface area contributed by atoms with Crippen LogP contribution in [0.15, 0.2) is 12.4 Å². The van der Waals surface area contributed by atoms with Crippen LogP contribution in [-0.4, -0.2) is 46.6 Å². The van der Waals surface area contributed by atoms with Crippen LogP contribution in [0.1, 0.15) is 64.6 Å². The summed E-state index contributed by atoms with van der Waals surface area (Å²) in [5.74, 6) is 0.942. The first-order valence-electron chi connectivity index (χ1n) is 10.0. The zero-order valence-electron chi connectivity index (χ0n) is 15.4. The molecule has 3 fully saturated rings. The van der Waals surface area contributed by atoms with E-state index in [1.54, 1.807) is 0 Å². The zero-order chi connectivity index (χ0) is 16.6. The minimum atomic E-state index is 0.635. The van der Waals surface area contributed by atoms with Gasteiger partial charge in [0, 0.05) is 38.1 Å². The molecule has 2 heterocycles. The van der Waals surface area contributed by atoms with Gasteiger partial charge in [0.1, 0.15) is 5.82 Å². The number of hydrogen-bond acceptors (Lipinski definition) is 4. The van der Waals surface area contributed by atoms with Crippen LogP contribution >= 0.6 is 0 Å². The number of aryl methyl sites for hydroxylation is 1. The van der Waals surface area contributed by atoms with Crippen molar-refractivity contribution in [2.24, 2.45) is 5.41 Å². The molecule has 0 radical (unpaired) electrons. The number of anilines is 1. The third-order valence-electron chi connectivity index (χ3n) is 6.77. The van der Waals surface area contributed by atoms with Gasteiger partial charge in [-0.25, -0.2) is 9.97 Å². The molecule has 1 atom stereocenters. The van der Waals surface area contributed by atoms with Gasteiger partial charge in [-0.3, -0.25) is 4.90 Å². The molecule has 0 N–H and O–H groups in total. The van der Waals surface area contributed by atoms with Crippen molar-refractivity contribution in [2.45, 2.75) is 77.3 Å². The summed E-state index contributed by atoms with van der Waals surface area (Å²) in [6.45, 7) is 7.92. The van der Waals surface area contributed by atoms with Crippen LogP contribution in [0.3, 0.4) is 0 Å². The van der Waals surface area contributed by atoms with Gasteiger partial charge in [0.25, 0.3) is 0 Å². The number of nitrogens with zero attached hydrogens (tertiary/aromatic N) is 4. The fraction of sp³-hybridized carbons (Fsp3) is 0.800. The van der Waals surface area contributed by atoms with Crippen LogP contribution in [0.2, 0.25) is 0 Å². The monoisotopic (exact) mass is 328 g/mol. The SMILES string of the molecule is CCc1ncc(N2CCN(C3CC4(CCCCC4)C3)[C@@H](C)C2)cn1. The zero-order valence-corrected chi connectivity index (χ0v) is 15.4. The number of rotatable bonds is 3. The van der Waals surface area contributed by atoms with E-state index >= 15 is 0 Å². The lowest BCUT2D eigenvalue weighted by Crippen LogP contribution is -2.61. The van der Waals surface area contributed by atoms with Gasteiger partial charge in [0.05, 0.1) is 18.1 Å². The minimum absolute atomic E-state index is 0.635. The molecule has 4 heteroatoms. The molecule has 3 aliphatic rings. The summed E-state index contributed by atoms with van der Waals surface area (Å²) < 4.78 is 0. The maximum Gasteiger partial charge on any atom is 0.128 e. The number of hydrogen-bond donors (Lipinski definition) is 0. The lowest BCUT2D eigenvalue weighted by atomic mass is 9.58. The fourth-order valence-corrected chi connectivity index (χ4v) is 5.33. The molecule has 0 bridgehead atoms. The molecule has 132 valence electrons. The standard InChI is InChI=1S/C20H32N4/c1-3-19-21-13-18(14-22-19)23-9-10-24(16(2)15-23)17-11-20(12-17)7-5-4-6-8-20/h13-14,16-17H,3-12,15H2,1-2H3/t16-/m0/s1. The lowest BCUT2D eigenvalue weighted by molar-refractivity contribution is -0.0427. The van der Waals surface area contributed by atoms with E-state index in [0.29, 0.717) is 6.04 Å². The average Bonchev–Trinajstić information content (AvgIpc) is 2.60. The van der Waals surface area contributed by atoms with Crippen molar-refractivity contribution >= 4 is 5.69 Å². The van der Waals surface area contributed by atoms with Gasteiger partial charge < -0.3 is 4.90 Å². The van der Waals surface area contributed by atoms with Crippen LogP contribution < -0.4 is 4.90 Å². The van der Waals surface area contributed by atoms with E-state index in [1.807, 2.05) is 12.4 Å². The Morgan fingerprint density at radius 3 is 2.42 bits per heavy atom. The van der Waals surface area contributed by atoms with E-state index in [0.717, 1.165) is 36.8 Å². The molecule has 2 aliphatic carbocycles. The van der Waals surface area contributed by atoms with Crippen LogP contribution in [0.5, 0.6) is 0 Å². The molecule has 0 amide bonds. The van der Waals surface area contributed by atoms with Crippen molar-refractivity contribution in [3.63, 3.8) is 0 Å². The van der Waals surface area contributed by atoms with Gasteiger partial charge >= 0.3 is 0 Å². The van der Waals surface area contributed by atoms with Gasteiger partial charge in [0.2, 0.25) is 0 Å². The third-order valence-corrected chi connectivity index (χ3v) is 6.77. The van der Waals surface area contributed by atoms with Gasteiger partial charge in [-0.2, -0.15) is 0 Å². The fourth-order valence-electron chi connectivity index (χ4n) is 5.33. The summed E-state index contributed by atoms with van der Waals surface area (Å²) >= 11 is 0. The van der Waals surface area contributed by atoms with E-state index in [2.05, 4.69) is 33.6 Å². The first-order valence-corrected chi connectivity index (χ1v) is 10.0. The minimum Gasteiger partial charge on any atom is -0.366 e. The Hall–Kier alpha value is -1.16. The smallest absolute Gasteiger partial charge is 0.128 e. The molecule has 1 aromatic heterocycles. The van der Waals surface area contributed by atoms with E-state index in [-0.39, 0.29) is 0 Å². The first-order chi connectivity index (χ1) is 11.7. The lowest BCUT2D eigenvalue weighted by Gasteiger charge is -2.57. The highest BCUT2D eigenvalue weighted by molar-refractivity contribution is 5.42. The first kappa shape index (κ1) is 16.3. The number of piperazine rings is 1. The summed E-state index contributed by atoms with van der Waals surface area (Å²) in [6, 6.07) is 1.48. The van der Waals surface area contributed by atoms with Crippen molar-refractivity contribution in [1.82, 2.24) is 14.9 Å². The van der Waals surface area contributed by atoms with Gasteiger partial charge in [-0.15, -0.1) is 0 Å². The molecule has 0 aromatic carbocycles. The summed E-state index contributed by atoms with van der Waals surface area (Å²) in [5, 5.41) is 0. The normalized spacial score (nSPS) is 28.1. The summed E-state index contributed by atoms with van der Waals surface area (Å²) in [6.07, 6.45) is 15.3. The summed E-state index contributed by atoms with van der Waals surface area (Å²) in [4.78, 5) is 14.2. The predicted molar refractivity (Wildman–Crippen MR) is 98.3 cm³/mol. The predicted octanol–water partition coefficient (Wildman–Crippen LogP) is 3.66. The van der Waals surface area contributed by atoms with Crippen molar-refractivity contribution in [3.8, 4) is 0 Å². The molecule has 4 rings (SSSR count). The molecular weight excluding hydrogens is 296 g/mol. The van der Waals surface area contributed by atoms with Crippen LogP contribution in [0.25, 0.3) is 0 Å². The van der Waals surface area contributed by atoms with Gasteiger partial charge in [0.15, 0.2) is 0 Å². The van der Waals surface area contributed by atoms with E-state index in [1.165, 1.54) is 57.2 Å². The largest absolute Gasteiger partial charge is 0.366 e. The van der Waals surface area contributed by atoms with Crippen LogP contribution in [-0.2, 0) is 6.42 Å². The molecule has 24 heavy (non-hydrogen) atoms. The molecule has 1 spiro atoms. The quantitative estimate of drug-likeness (QED) is 0.847. The topological polar surface area (TPSA) is 32.3 Å². The molecular formula is C20H32N4. The second kappa shape index (κ2) is 6.62. The highest BCUT2D eigenvalue weighted by atomic mass is 15.3. The van der Waals surface area contributed by atoms with E-state index in [9.17, 15) is 0 Å². The number of aromatic nitrogens is 2. The van der Waals surface area contributed by atoms with Crippen molar-refractivity contribution in [3.05, 3.63) is 18.2 Å². The van der Waals surface area contributed by atoms with Crippen molar-refractivity contribution in [1.29, 1.82) is 0 Å². The summed E-state index contributed by atoms with van der Waals surface area (Å²) in [7, 11) is 0. The Morgan fingerprint density at radius 1 is 1.08 bits per heavy atom. The Kier molecular flexibility index (Phi) is 4.50. The molecule has 4 nitrogen and oxygen atoms in total. The van der Waals surface area contributed by atoms with Crippen molar-refractivity contribution < 1.29 is 0 Å². The Balaban J connectivity index is 1.33. The molecule has 1 saturated heterocycles. The highest BCUT2D eigenvalue weighted by Gasteiger charge is 2.47.